The van der Waals surface area contributed by atoms with Crippen LogP contribution in [0.1, 0.15) is 10.9 Å². The molecule has 15 heavy (non-hydrogen) atoms. The van der Waals surface area contributed by atoms with E-state index in [4.69, 9.17) is 4.74 Å². The maximum atomic E-state index is 11.6. The zero-order valence-electron chi connectivity index (χ0n) is 8.40. The van der Waals surface area contributed by atoms with Crippen molar-refractivity contribution in [1.29, 1.82) is 0 Å². The van der Waals surface area contributed by atoms with E-state index in [1.54, 1.807) is 23.3 Å². The smallest absolute Gasteiger partial charge is 0.410 e. The number of nitrogens with one attached hydrogen (secondary N) is 1. The summed E-state index contributed by atoms with van der Waals surface area (Å²) in [5.74, 6) is 0. The summed E-state index contributed by atoms with van der Waals surface area (Å²) in [6.07, 6.45) is -0.213. The first-order chi connectivity index (χ1) is 7.23. The third kappa shape index (κ3) is 1.13. The van der Waals surface area contributed by atoms with E-state index >= 15 is 0 Å². The number of carbonyl (C=O) groups is 1. The molecule has 4 nitrogen and oxygen atoms in total. The summed E-state index contributed by atoms with van der Waals surface area (Å²) in [5.41, 5.74) is -0.323. The molecule has 0 bridgehead atoms. The number of hydrogen-bond donors (Lipinski definition) is 1. The van der Waals surface area contributed by atoms with E-state index in [0.717, 1.165) is 13.1 Å². The van der Waals surface area contributed by atoms with Crippen molar-refractivity contribution in [2.75, 3.05) is 20.1 Å². The Morgan fingerprint density at radius 1 is 1.67 bits per heavy atom. The highest BCUT2D eigenvalue weighted by atomic mass is 32.1. The highest BCUT2D eigenvalue weighted by Gasteiger charge is 2.57. The molecule has 1 unspecified atom stereocenters. The maximum Gasteiger partial charge on any atom is 0.410 e. The van der Waals surface area contributed by atoms with Crippen LogP contribution >= 0.6 is 11.3 Å². The van der Waals surface area contributed by atoms with Crippen LogP contribution in [0.5, 0.6) is 0 Å². The van der Waals surface area contributed by atoms with Gasteiger partial charge in [0, 0.05) is 25.0 Å². The lowest BCUT2D eigenvalue weighted by atomic mass is 9.87. The Morgan fingerprint density at radius 2 is 2.47 bits per heavy atom. The Kier molecular flexibility index (Phi) is 1.81. The zero-order valence-corrected chi connectivity index (χ0v) is 9.21. The Hall–Kier alpha value is -1.07. The van der Waals surface area contributed by atoms with Crippen molar-refractivity contribution in [3.63, 3.8) is 0 Å². The Labute approximate surface area is 91.8 Å². The van der Waals surface area contributed by atoms with E-state index in [1.165, 1.54) is 4.88 Å². The third-order valence-corrected chi connectivity index (χ3v) is 4.05. The van der Waals surface area contributed by atoms with Gasteiger partial charge in [-0.05, 0) is 11.4 Å². The topological polar surface area (TPSA) is 41.6 Å². The molecule has 1 aromatic heterocycles. The number of thiophene rings is 1. The molecule has 1 amide bonds. The molecule has 2 saturated heterocycles. The standard InChI is InChI=1S/C10H12N2O2S/c1-12-8(7-3-2-4-15-7)10(5-11-6-10)14-9(12)13/h2-4,8,11H,5-6H2,1H3. The number of amides is 1. The summed E-state index contributed by atoms with van der Waals surface area (Å²) in [6, 6.07) is 4.15. The van der Waals surface area contributed by atoms with E-state index in [9.17, 15) is 4.79 Å². The van der Waals surface area contributed by atoms with Crippen LogP contribution in [0.2, 0.25) is 0 Å². The van der Waals surface area contributed by atoms with Crippen molar-refractivity contribution in [3.8, 4) is 0 Å². The lowest BCUT2D eigenvalue weighted by molar-refractivity contribution is -0.0102. The molecule has 3 rings (SSSR count). The van der Waals surface area contributed by atoms with E-state index < -0.39 is 0 Å². The molecule has 0 aromatic carbocycles. The van der Waals surface area contributed by atoms with Gasteiger partial charge in [-0.2, -0.15) is 0 Å². The predicted molar refractivity (Wildman–Crippen MR) is 56.9 cm³/mol. The molecule has 1 spiro atoms. The van der Waals surface area contributed by atoms with Crippen molar-refractivity contribution in [2.24, 2.45) is 0 Å². The van der Waals surface area contributed by atoms with Gasteiger partial charge in [-0.3, -0.25) is 4.90 Å². The zero-order chi connectivity index (χ0) is 10.5. The van der Waals surface area contributed by atoms with Crippen LogP contribution in [-0.4, -0.2) is 36.7 Å². The Balaban J connectivity index is 2.00. The number of carbonyl (C=O) groups excluding carboxylic acids is 1. The molecule has 1 atom stereocenters. The fourth-order valence-corrected chi connectivity index (χ4v) is 3.27. The third-order valence-electron chi connectivity index (χ3n) is 3.13. The van der Waals surface area contributed by atoms with Crippen molar-refractivity contribution in [1.82, 2.24) is 10.2 Å². The van der Waals surface area contributed by atoms with Crippen LogP contribution in [0, 0.1) is 0 Å². The lowest BCUT2D eigenvalue weighted by Crippen LogP contribution is -2.62. The number of nitrogens with zero attached hydrogens (tertiary/aromatic N) is 1. The van der Waals surface area contributed by atoms with Crippen LogP contribution in [0.4, 0.5) is 4.79 Å². The Bertz CT molecular complexity index is 386. The van der Waals surface area contributed by atoms with Gasteiger partial charge in [-0.25, -0.2) is 4.79 Å². The second-order valence-electron chi connectivity index (χ2n) is 4.07. The summed E-state index contributed by atoms with van der Waals surface area (Å²) >= 11 is 1.68. The van der Waals surface area contributed by atoms with Crippen molar-refractivity contribution in [2.45, 2.75) is 11.6 Å². The summed E-state index contributed by atoms with van der Waals surface area (Å²) < 4.78 is 5.46. The predicted octanol–water partition coefficient (Wildman–Crippen LogP) is 1.21. The quantitative estimate of drug-likeness (QED) is 0.779. The first-order valence-corrected chi connectivity index (χ1v) is 5.81. The molecule has 0 aliphatic carbocycles. The molecule has 80 valence electrons. The second kappa shape index (κ2) is 2.96. The molecule has 3 heterocycles. The van der Waals surface area contributed by atoms with Gasteiger partial charge in [-0.15, -0.1) is 11.3 Å². The molecule has 0 saturated carbocycles. The van der Waals surface area contributed by atoms with Gasteiger partial charge in [-0.1, -0.05) is 6.07 Å². The van der Waals surface area contributed by atoms with E-state index in [0.29, 0.717) is 0 Å². The molecule has 2 aliphatic rings. The van der Waals surface area contributed by atoms with Gasteiger partial charge in [0.1, 0.15) is 6.04 Å². The molecule has 2 aliphatic heterocycles. The van der Waals surface area contributed by atoms with Crippen LogP contribution in [-0.2, 0) is 4.74 Å². The SMILES string of the molecule is CN1C(=O)OC2(CNC2)C1c1cccs1. The van der Waals surface area contributed by atoms with Crippen LogP contribution in [0.25, 0.3) is 0 Å². The maximum absolute atomic E-state index is 11.6. The average Bonchev–Trinajstić information content (AvgIpc) is 2.72. The van der Waals surface area contributed by atoms with Crippen LogP contribution < -0.4 is 5.32 Å². The number of hydrogen-bond acceptors (Lipinski definition) is 4. The van der Waals surface area contributed by atoms with Gasteiger partial charge >= 0.3 is 6.09 Å². The molecular weight excluding hydrogens is 212 g/mol. The van der Waals surface area contributed by atoms with E-state index in [-0.39, 0.29) is 17.7 Å². The van der Waals surface area contributed by atoms with Crippen molar-refractivity contribution < 1.29 is 9.53 Å². The monoisotopic (exact) mass is 224 g/mol. The summed E-state index contributed by atoms with van der Waals surface area (Å²) in [7, 11) is 1.81. The first kappa shape index (κ1) is 9.18. The van der Waals surface area contributed by atoms with E-state index in [2.05, 4.69) is 11.4 Å². The second-order valence-corrected chi connectivity index (χ2v) is 5.04. The van der Waals surface area contributed by atoms with Gasteiger partial charge in [0.2, 0.25) is 0 Å². The highest BCUT2D eigenvalue weighted by Crippen LogP contribution is 2.44. The minimum absolute atomic E-state index is 0.0752. The summed E-state index contributed by atoms with van der Waals surface area (Å²) in [4.78, 5) is 14.5. The molecule has 1 N–H and O–H groups in total. The fourth-order valence-electron chi connectivity index (χ4n) is 2.29. The number of likely N-dealkylation sites (N-methyl/N-ethyl adjacent to an activating group) is 1. The lowest BCUT2D eigenvalue weighted by Gasteiger charge is -2.41. The fraction of sp³-hybridized carbons (Fsp3) is 0.500. The van der Waals surface area contributed by atoms with Gasteiger partial charge in [0.25, 0.3) is 0 Å². The van der Waals surface area contributed by atoms with Gasteiger partial charge in [0.05, 0.1) is 0 Å². The Morgan fingerprint density at radius 3 is 3.00 bits per heavy atom. The minimum atomic E-state index is -0.323. The minimum Gasteiger partial charge on any atom is -0.437 e. The normalized spacial score (nSPS) is 27.9. The average molecular weight is 224 g/mol. The number of rotatable bonds is 1. The highest BCUT2D eigenvalue weighted by molar-refractivity contribution is 7.10. The largest absolute Gasteiger partial charge is 0.437 e. The molecule has 1 aromatic rings. The number of ether oxygens (including phenoxy) is 1. The van der Waals surface area contributed by atoms with Gasteiger partial charge < -0.3 is 10.1 Å². The molecule has 5 heteroatoms. The molecule has 0 radical (unpaired) electrons. The van der Waals surface area contributed by atoms with Crippen molar-refractivity contribution in [3.05, 3.63) is 22.4 Å². The molecule has 2 fully saturated rings. The summed E-state index contributed by atoms with van der Waals surface area (Å²) in [6.45, 7) is 1.51. The first-order valence-electron chi connectivity index (χ1n) is 4.93. The molecular formula is C10H12N2O2S. The van der Waals surface area contributed by atoms with Crippen molar-refractivity contribution >= 4 is 17.4 Å². The van der Waals surface area contributed by atoms with Gasteiger partial charge in [0.15, 0.2) is 5.60 Å². The summed E-state index contributed by atoms with van der Waals surface area (Å²) in [5, 5.41) is 5.21. The van der Waals surface area contributed by atoms with E-state index in [1.807, 2.05) is 11.4 Å². The van der Waals surface area contributed by atoms with Crippen LogP contribution in [0.3, 0.4) is 0 Å². The van der Waals surface area contributed by atoms with Crippen LogP contribution in [0.15, 0.2) is 17.5 Å².